The van der Waals surface area contributed by atoms with Gasteiger partial charge in [0, 0.05) is 17.2 Å². The molecule has 7 heteroatoms. The highest BCUT2D eigenvalue weighted by atomic mass is 32.1. The number of benzene rings is 1. The van der Waals surface area contributed by atoms with Crippen molar-refractivity contribution < 1.29 is 9.53 Å². The molecule has 0 aliphatic carbocycles. The standard InChI is InChI=1S/C10H10N4O2S/c1-16-8-4-2-7(3-5-8)12-10(15)13-9-6-11-14-17-9/h2-6H,1H3,(H2,12,13,15). The number of amides is 2. The normalized spacial score (nSPS) is 9.71. The molecule has 0 fully saturated rings. The number of hydrogen-bond donors (Lipinski definition) is 2. The van der Waals surface area contributed by atoms with Gasteiger partial charge in [-0.05, 0) is 24.3 Å². The van der Waals surface area contributed by atoms with Crippen molar-refractivity contribution in [2.45, 2.75) is 0 Å². The molecule has 0 radical (unpaired) electrons. The first kappa shape index (κ1) is 11.3. The summed E-state index contributed by atoms with van der Waals surface area (Å²) in [5, 5.41) is 9.50. The largest absolute Gasteiger partial charge is 0.497 e. The van der Waals surface area contributed by atoms with Crippen LogP contribution in [0.2, 0.25) is 0 Å². The summed E-state index contributed by atoms with van der Waals surface area (Å²) in [6, 6.07) is 6.71. The van der Waals surface area contributed by atoms with E-state index in [9.17, 15) is 4.79 Å². The van der Waals surface area contributed by atoms with Crippen LogP contribution in [0.5, 0.6) is 5.75 Å². The summed E-state index contributed by atoms with van der Waals surface area (Å²) in [7, 11) is 1.59. The molecule has 2 rings (SSSR count). The third kappa shape index (κ3) is 3.15. The summed E-state index contributed by atoms with van der Waals surface area (Å²) >= 11 is 1.11. The first-order valence-corrected chi connectivity index (χ1v) is 5.54. The lowest BCUT2D eigenvalue weighted by molar-refractivity contribution is 0.262. The number of hydrogen-bond acceptors (Lipinski definition) is 5. The van der Waals surface area contributed by atoms with E-state index in [1.165, 1.54) is 6.20 Å². The van der Waals surface area contributed by atoms with Crippen LogP contribution in [0, 0.1) is 0 Å². The summed E-state index contributed by atoms with van der Waals surface area (Å²) in [6.07, 6.45) is 1.48. The van der Waals surface area contributed by atoms with Crippen molar-refractivity contribution in [1.29, 1.82) is 0 Å². The Morgan fingerprint density at radius 3 is 2.65 bits per heavy atom. The smallest absolute Gasteiger partial charge is 0.324 e. The number of anilines is 2. The van der Waals surface area contributed by atoms with Gasteiger partial charge in [0.1, 0.15) is 10.8 Å². The highest BCUT2D eigenvalue weighted by Gasteiger charge is 2.04. The van der Waals surface area contributed by atoms with Crippen LogP contribution in [-0.4, -0.2) is 22.7 Å². The van der Waals surface area contributed by atoms with Crippen molar-refractivity contribution in [1.82, 2.24) is 9.59 Å². The highest BCUT2D eigenvalue weighted by Crippen LogP contribution is 2.15. The number of nitrogens with zero attached hydrogens (tertiary/aromatic N) is 2. The summed E-state index contributed by atoms with van der Waals surface area (Å²) in [6.45, 7) is 0. The number of ether oxygens (including phenoxy) is 1. The van der Waals surface area contributed by atoms with E-state index in [2.05, 4.69) is 20.2 Å². The number of urea groups is 1. The summed E-state index contributed by atoms with van der Waals surface area (Å²) in [5.74, 6) is 0.739. The Bertz CT molecular complexity index is 484. The average molecular weight is 250 g/mol. The average Bonchev–Trinajstić information content (AvgIpc) is 2.82. The van der Waals surface area contributed by atoms with Crippen LogP contribution in [0.4, 0.5) is 15.5 Å². The molecule has 88 valence electrons. The molecule has 0 aliphatic heterocycles. The van der Waals surface area contributed by atoms with E-state index in [1.807, 2.05) is 0 Å². The Labute approximate surface area is 102 Å². The number of methoxy groups -OCH3 is 1. The van der Waals surface area contributed by atoms with Gasteiger partial charge in [-0.25, -0.2) is 4.79 Å². The topological polar surface area (TPSA) is 76.1 Å². The Balaban J connectivity index is 1.93. The van der Waals surface area contributed by atoms with Crippen LogP contribution in [0.15, 0.2) is 30.5 Å². The van der Waals surface area contributed by atoms with Crippen LogP contribution in [-0.2, 0) is 0 Å². The molecule has 0 unspecified atom stereocenters. The predicted octanol–water partition coefficient (Wildman–Crippen LogP) is 2.19. The maximum Gasteiger partial charge on any atom is 0.324 e. The Hall–Kier alpha value is -2.15. The van der Waals surface area contributed by atoms with E-state index in [1.54, 1.807) is 31.4 Å². The van der Waals surface area contributed by atoms with Gasteiger partial charge in [-0.1, -0.05) is 4.49 Å². The molecule has 2 amide bonds. The quantitative estimate of drug-likeness (QED) is 0.875. The molecule has 0 bridgehead atoms. The Kier molecular flexibility index (Phi) is 3.51. The SMILES string of the molecule is COc1ccc(NC(=O)Nc2cnns2)cc1. The fraction of sp³-hybridized carbons (Fsp3) is 0.100. The van der Waals surface area contributed by atoms with Crippen molar-refractivity contribution in [2.75, 3.05) is 17.7 Å². The number of carbonyl (C=O) groups excluding carboxylic acids is 1. The lowest BCUT2D eigenvalue weighted by Gasteiger charge is -2.06. The molecule has 0 saturated heterocycles. The summed E-state index contributed by atoms with van der Waals surface area (Å²) < 4.78 is 8.65. The van der Waals surface area contributed by atoms with Gasteiger partial charge in [-0.2, -0.15) is 0 Å². The molecule has 1 aromatic carbocycles. The molecule has 1 heterocycles. The van der Waals surface area contributed by atoms with Gasteiger partial charge in [0.15, 0.2) is 0 Å². The molecular formula is C10H10N4O2S. The van der Waals surface area contributed by atoms with Crippen LogP contribution in [0.3, 0.4) is 0 Å². The van der Waals surface area contributed by atoms with Gasteiger partial charge in [0.2, 0.25) is 0 Å². The van der Waals surface area contributed by atoms with Crippen LogP contribution >= 0.6 is 11.5 Å². The predicted molar refractivity (Wildman–Crippen MR) is 65.5 cm³/mol. The number of carbonyl (C=O) groups is 1. The molecule has 0 spiro atoms. The Morgan fingerprint density at radius 2 is 2.06 bits per heavy atom. The molecule has 17 heavy (non-hydrogen) atoms. The molecular weight excluding hydrogens is 240 g/mol. The van der Waals surface area contributed by atoms with E-state index in [0.29, 0.717) is 10.7 Å². The summed E-state index contributed by atoms with van der Waals surface area (Å²) in [5.41, 5.74) is 0.681. The molecule has 0 aliphatic rings. The van der Waals surface area contributed by atoms with Gasteiger partial charge in [0.05, 0.1) is 13.3 Å². The van der Waals surface area contributed by atoms with Crippen molar-refractivity contribution >= 4 is 28.3 Å². The van der Waals surface area contributed by atoms with Gasteiger partial charge >= 0.3 is 6.03 Å². The minimum Gasteiger partial charge on any atom is -0.497 e. The minimum atomic E-state index is -0.332. The van der Waals surface area contributed by atoms with E-state index >= 15 is 0 Å². The second-order valence-corrected chi connectivity index (χ2v) is 3.88. The molecule has 0 saturated carbocycles. The maximum absolute atomic E-state index is 11.5. The number of nitrogens with one attached hydrogen (secondary N) is 2. The zero-order valence-electron chi connectivity index (χ0n) is 9.01. The zero-order chi connectivity index (χ0) is 12.1. The lowest BCUT2D eigenvalue weighted by atomic mass is 10.3. The fourth-order valence-electron chi connectivity index (χ4n) is 1.17. The van der Waals surface area contributed by atoms with E-state index in [4.69, 9.17) is 4.74 Å². The molecule has 0 atom stereocenters. The summed E-state index contributed by atoms with van der Waals surface area (Å²) in [4.78, 5) is 11.5. The van der Waals surface area contributed by atoms with Gasteiger partial charge in [-0.3, -0.25) is 5.32 Å². The van der Waals surface area contributed by atoms with Crippen molar-refractivity contribution in [3.8, 4) is 5.75 Å². The third-order valence-corrected chi connectivity index (χ3v) is 2.53. The van der Waals surface area contributed by atoms with E-state index < -0.39 is 0 Å². The Morgan fingerprint density at radius 1 is 1.29 bits per heavy atom. The van der Waals surface area contributed by atoms with Crippen molar-refractivity contribution in [3.63, 3.8) is 0 Å². The monoisotopic (exact) mass is 250 g/mol. The molecule has 2 N–H and O–H groups in total. The van der Waals surface area contributed by atoms with Gasteiger partial charge < -0.3 is 10.1 Å². The van der Waals surface area contributed by atoms with Crippen molar-refractivity contribution in [2.24, 2.45) is 0 Å². The van der Waals surface area contributed by atoms with Crippen LogP contribution < -0.4 is 15.4 Å². The van der Waals surface area contributed by atoms with Gasteiger partial charge in [-0.15, -0.1) is 5.10 Å². The lowest BCUT2D eigenvalue weighted by Crippen LogP contribution is -2.18. The fourth-order valence-corrected chi connectivity index (χ4v) is 1.59. The van der Waals surface area contributed by atoms with E-state index in [-0.39, 0.29) is 6.03 Å². The third-order valence-electron chi connectivity index (χ3n) is 1.95. The minimum absolute atomic E-state index is 0.332. The maximum atomic E-state index is 11.5. The van der Waals surface area contributed by atoms with Crippen molar-refractivity contribution in [3.05, 3.63) is 30.5 Å². The first-order valence-electron chi connectivity index (χ1n) is 4.77. The van der Waals surface area contributed by atoms with Crippen LogP contribution in [0.25, 0.3) is 0 Å². The number of aromatic nitrogens is 2. The van der Waals surface area contributed by atoms with Gasteiger partial charge in [0.25, 0.3) is 0 Å². The molecule has 1 aromatic heterocycles. The van der Waals surface area contributed by atoms with Crippen LogP contribution in [0.1, 0.15) is 0 Å². The highest BCUT2D eigenvalue weighted by molar-refractivity contribution is 7.10. The molecule has 6 nitrogen and oxygen atoms in total. The number of rotatable bonds is 3. The van der Waals surface area contributed by atoms with E-state index in [0.717, 1.165) is 17.3 Å². The molecule has 2 aromatic rings. The zero-order valence-corrected chi connectivity index (χ0v) is 9.82. The second-order valence-electron chi connectivity index (χ2n) is 3.09. The first-order chi connectivity index (χ1) is 8.28. The second kappa shape index (κ2) is 5.26.